The van der Waals surface area contributed by atoms with Gasteiger partial charge in [0.25, 0.3) is 0 Å². The van der Waals surface area contributed by atoms with Gasteiger partial charge in [0.1, 0.15) is 5.65 Å². The number of aromatic nitrogens is 5. The molecule has 4 aromatic heterocycles. The van der Waals surface area contributed by atoms with E-state index in [1.807, 2.05) is 41.3 Å². The molecule has 0 unspecified atom stereocenters. The molecule has 0 N–H and O–H groups in total. The van der Waals surface area contributed by atoms with E-state index in [4.69, 9.17) is 11.6 Å². The number of thioether (sulfide) groups is 2. The Morgan fingerprint density at radius 2 is 1.88 bits per heavy atom. The molecular formula is C16H12ClN5S2. The molecule has 4 rings (SSSR count). The molecule has 0 aliphatic carbocycles. The van der Waals surface area contributed by atoms with Crippen molar-refractivity contribution >= 4 is 51.7 Å². The molecule has 0 saturated carbocycles. The molecule has 0 saturated heterocycles. The van der Waals surface area contributed by atoms with Crippen LogP contribution in [0.25, 0.3) is 27.8 Å². The fraction of sp³-hybridized carbons (Fsp3) is 0.125. The van der Waals surface area contributed by atoms with Crippen molar-refractivity contribution in [1.29, 1.82) is 0 Å². The van der Waals surface area contributed by atoms with Gasteiger partial charge in [-0.3, -0.25) is 4.40 Å². The summed E-state index contributed by atoms with van der Waals surface area (Å²) >= 11 is 9.30. The first-order chi connectivity index (χ1) is 11.7. The third-order valence-corrected chi connectivity index (χ3v) is 5.10. The smallest absolute Gasteiger partial charge is 0.187 e. The molecule has 0 fully saturated rings. The Labute approximate surface area is 151 Å². The van der Waals surface area contributed by atoms with Crippen LogP contribution in [0.15, 0.2) is 47.1 Å². The molecule has 0 amide bonds. The van der Waals surface area contributed by atoms with Crippen molar-refractivity contribution < 1.29 is 0 Å². The standard InChI is InChI=1S/C16H12ClN5S2/c1-23-15-18-5-3-11(21-15)13-10-7-9(17)8-20-14(10)22-12(13)4-6-19-16(22)24-2/h3-8H,1-2H3. The average molecular weight is 374 g/mol. The summed E-state index contributed by atoms with van der Waals surface area (Å²) < 4.78 is 2.05. The molecule has 8 heteroatoms. The van der Waals surface area contributed by atoms with Gasteiger partial charge in [0.05, 0.1) is 16.2 Å². The second-order valence-electron chi connectivity index (χ2n) is 4.98. The molecule has 0 aromatic carbocycles. The predicted molar refractivity (Wildman–Crippen MR) is 100 cm³/mol. The van der Waals surface area contributed by atoms with Crippen LogP contribution in [0.2, 0.25) is 5.02 Å². The molecule has 0 spiro atoms. The lowest BCUT2D eigenvalue weighted by Crippen LogP contribution is -1.94. The minimum absolute atomic E-state index is 0.595. The fourth-order valence-electron chi connectivity index (χ4n) is 2.73. The van der Waals surface area contributed by atoms with Crippen molar-refractivity contribution in [2.24, 2.45) is 0 Å². The maximum absolute atomic E-state index is 6.21. The van der Waals surface area contributed by atoms with Gasteiger partial charge in [0, 0.05) is 29.5 Å². The zero-order valence-corrected chi connectivity index (χ0v) is 15.3. The third kappa shape index (κ3) is 2.44. The molecule has 24 heavy (non-hydrogen) atoms. The van der Waals surface area contributed by atoms with Crippen molar-refractivity contribution in [3.8, 4) is 11.3 Å². The summed E-state index contributed by atoms with van der Waals surface area (Å²) in [5.74, 6) is 0. The topological polar surface area (TPSA) is 56.0 Å². The molecule has 0 aliphatic rings. The van der Waals surface area contributed by atoms with Crippen LogP contribution in [0.1, 0.15) is 0 Å². The van der Waals surface area contributed by atoms with Crippen molar-refractivity contribution in [3.05, 3.63) is 41.8 Å². The fourth-order valence-corrected chi connectivity index (χ4v) is 3.78. The first-order valence-corrected chi connectivity index (χ1v) is 9.91. The first-order valence-electron chi connectivity index (χ1n) is 7.09. The van der Waals surface area contributed by atoms with E-state index >= 15 is 0 Å². The monoisotopic (exact) mass is 373 g/mol. The van der Waals surface area contributed by atoms with Gasteiger partial charge in [-0.25, -0.2) is 19.9 Å². The van der Waals surface area contributed by atoms with Gasteiger partial charge in [-0.15, -0.1) is 0 Å². The number of hydrogen-bond donors (Lipinski definition) is 0. The summed E-state index contributed by atoms with van der Waals surface area (Å²) in [6, 6.07) is 5.82. The van der Waals surface area contributed by atoms with Crippen LogP contribution in [0, 0.1) is 0 Å². The third-order valence-electron chi connectivity index (χ3n) is 3.67. The first kappa shape index (κ1) is 15.7. The van der Waals surface area contributed by atoms with Crippen LogP contribution in [-0.4, -0.2) is 36.8 Å². The Hall–Kier alpha value is -1.83. The Morgan fingerprint density at radius 1 is 1.04 bits per heavy atom. The Balaban J connectivity index is 2.18. The number of hydrogen-bond acceptors (Lipinski definition) is 6. The second-order valence-corrected chi connectivity index (χ2v) is 6.96. The maximum Gasteiger partial charge on any atom is 0.187 e. The predicted octanol–water partition coefficient (Wildman–Crippen LogP) is 4.44. The largest absolute Gasteiger partial charge is 0.272 e. The van der Waals surface area contributed by atoms with E-state index in [1.54, 1.807) is 24.2 Å². The summed E-state index contributed by atoms with van der Waals surface area (Å²) in [6.07, 6.45) is 9.20. The zero-order chi connectivity index (χ0) is 16.7. The molecular weight excluding hydrogens is 362 g/mol. The van der Waals surface area contributed by atoms with Gasteiger partial charge >= 0.3 is 0 Å². The van der Waals surface area contributed by atoms with E-state index in [2.05, 4.69) is 19.9 Å². The van der Waals surface area contributed by atoms with Gasteiger partial charge in [0.15, 0.2) is 10.3 Å². The van der Waals surface area contributed by atoms with Crippen LogP contribution in [0.3, 0.4) is 0 Å². The van der Waals surface area contributed by atoms with E-state index < -0.39 is 0 Å². The summed E-state index contributed by atoms with van der Waals surface area (Å²) in [7, 11) is 0. The van der Waals surface area contributed by atoms with Gasteiger partial charge in [-0.1, -0.05) is 35.1 Å². The van der Waals surface area contributed by atoms with E-state index in [1.165, 1.54) is 11.8 Å². The van der Waals surface area contributed by atoms with Crippen LogP contribution >= 0.6 is 35.1 Å². The highest BCUT2D eigenvalue weighted by Gasteiger charge is 2.18. The lowest BCUT2D eigenvalue weighted by molar-refractivity contribution is 0.922. The number of pyridine rings is 1. The summed E-state index contributed by atoms with van der Waals surface area (Å²) in [5, 5.41) is 3.15. The van der Waals surface area contributed by atoms with Crippen molar-refractivity contribution in [1.82, 2.24) is 24.3 Å². The SMILES string of the molecule is CSc1nccc(-c2c3cc(Cl)cnc3n3c(SC)nccc23)n1. The van der Waals surface area contributed by atoms with Gasteiger partial charge in [0.2, 0.25) is 0 Å². The lowest BCUT2D eigenvalue weighted by Gasteiger charge is -2.04. The van der Waals surface area contributed by atoms with E-state index in [0.717, 1.165) is 38.1 Å². The molecule has 0 atom stereocenters. The second kappa shape index (κ2) is 6.23. The molecule has 4 aromatic rings. The minimum atomic E-state index is 0.595. The van der Waals surface area contributed by atoms with Crippen molar-refractivity contribution in [2.45, 2.75) is 10.3 Å². The molecule has 0 aliphatic heterocycles. The van der Waals surface area contributed by atoms with Crippen LogP contribution in [0.4, 0.5) is 0 Å². The van der Waals surface area contributed by atoms with E-state index in [0.29, 0.717) is 5.02 Å². The van der Waals surface area contributed by atoms with Crippen molar-refractivity contribution in [2.75, 3.05) is 12.5 Å². The van der Waals surface area contributed by atoms with Gasteiger partial charge < -0.3 is 0 Å². The van der Waals surface area contributed by atoms with Crippen LogP contribution < -0.4 is 0 Å². The lowest BCUT2D eigenvalue weighted by atomic mass is 10.1. The number of fused-ring (bicyclic) bond motifs is 3. The number of nitrogens with zero attached hydrogens (tertiary/aromatic N) is 5. The highest BCUT2D eigenvalue weighted by Crippen LogP contribution is 2.36. The molecule has 0 radical (unpaired) electrons. The number of halogens is 1. The van der Waals surface area contributed by atoms with Gasteiger partial charge in [-0.2, -0.15) is 0 Å². The Bertz CT molecular complexity index is 1060. The molecule has 120 valence electrons. The minimum Gasteiger partial charge on any atom is -0.272 e. The molecule has 4 heterocycles. The molecule has 5 nitrogen and oxygen atoms in total. The zero-order valence-electron chi connectivity index (χ0n) is 12.9. The number of rotatable bonds is 3. The Morgan fingerprint density at radius 3 is 2.67 bits per heavy atom. The van der Waals surface area contributed by atoms with E-state index in [-0.39, 0.29) is 0 Å². The highest BCUT2D eigenvalue weighted by atomic mass is 35.5. The molecule has 0 bridgehead atoms. The summed E-state index contributed by atoms with van der Waals surface area (Å²) in [6.45, 7) is 0. The average Bonchev–Trinajstić information content (AvgIpc) is 2.95. The quantitative estimate of drug-likeness (QED) is 0.391. The van der Waals surface area contributed by atoms with E-state index in [9.17, 15) is 0 Å². The Kier molecular flexibility index (Phi) is 4.07. The van der Waals surface area contributed by atoms with Crippen LogP contribution in [0.5, 0.6) is 0 Å². The summed E-state index contributed by atoms with van der Waals surface area (Å²) in [5.41, 5.74) is 3.68. The summed E-state index contributed by atoms with van der Waals surface area (Å²) in [4.78, 5) is 17.9. The van der Waals surface area contributed by atoms with Gasteiger partial charge in [-0.05, 0) is 30.7 Å². The normalized spacial score (nSPS) is 11.5. The van der Waals surface area contributed by atoms with Crippen molar-refractivity contribution in [3.63, 3.8) is 0 Å². The van der Waals surface area contributed by atoms with Crippen LogP contribution in [-0.2, 0) is 0 Å². The highest BCUT2D eigenvalue weighted by molar-refractivity contribution is 7.98. The maximum atomic E-state index is 6.21.